The molecular formula is C17H17N3O6S. The molecule has 0 aromatic heterocycles. The first-order valence-electron chi connectivity index (χ1n) is 7.47. The summed E-state index contributed by atoms with van der Waals surface area (Å²) in [4.78, 5) is 20.3. The summed E-state index contributed by atoms with van der Waals surface area (Å²) in [5, 5.41) is 18.9. The molecule has 0 saturated carbocycles. The molecular weight excluding hydrogens is 374 g/mol. The highest BCUT2D eigenvalue weighted by atomic mass is 32.2. The Morgan fingerprint density at radius 1 is 1.26 bits per heavy atom. The van der Waals surface area contributed by atoms with E-state index in [4.69, 9.17) is 5.26 Å². The molecule has 0 unspecified atom stereocenters. The van der Waals surface area contributed by atoms with E-state index in [1.807, 2.05) is 29.8 Å². The van der Waals surface area contributed by atoms with Gasteiger partial charge in [-0.2, -0.15) is 9.98 Å². The summed E-state index contributed by atoms with van der Waals surface area (Å²) in [6.45, 7) is 1.43. The molecule has 10 heteroatoms. The van der Waals surface area contributed by atoms with Crippen LogP contribution in [-0.2, 0) is 19.6 Å². The highest BCUT2D eigenvalue weighted by Gasteiger charge is 2.18. The number of ether oxygens (including phenoxy) is 1. The van der Waals surface area contributed by atoms with Crippen LogP contribution in [0.1, 0.15) is 11.1 Å². The lowest BCUT2D eigenvalue weighted by molar-refractivity contribution is -0.385. The highest BCUT2D eigenvalue weighted by Crippen LogP contribution is 2.16. The predicted octanol–water partition coefficient (Wildman–Crippen LogP) is 1.91. The van der Waals surface area contributed by atoms with Crippen LogP contribution in [0, 0.1) is 28.4 Å². The molecule has 142 valence electrons. The number of nitrogens with zero attached hydrogens (tertiary/aromatic N) is 2. The Kier molecular flexibility index (Phi) is 8.06. The molecule has 0 fully saturated rings. The zero-order valence-electron chi connectivity index (χ0n) is 14.6. The zero-order valence-corrected chi connectivity index (χ0v) is 15.4. The van der Waals surface area contributed by atoms with Gasteiger partial charge in [-0.3, -0.25) is 14.9 Å². The van der Waals surface area contributed by atoms with Gasteiger partial charge in [-0.05, 0) is 30.7 Å². The second kappa shape index (κ2) is 10.0. The number of hydrogen-bond acceptors (Lipinski definition) is 7. The maximum Gasteiger partial charge on any atom is 0.320 e. The van der Waals surface area contributed by atoms with E-state index in [2.05, 4.69) is 10.8 Å². The molecule has 2 rings (SSSR count). The van der Waals surface area contributed by atoms with E-state index in [1.54, 1.807) is 6.07 Å². The Bertz CT molecular complexity index is 967. The van der Waals surface area contributed by atoms with E-state index in [-0.39, 0.29) is 10.6 Å². The summed E-state index contributed by atoms with van der Waals surface area (Å²) in [7, 11) is -2.86. The third-order valence-electron chi connectivity index (χ3n) is 3.12. The molecule has 0 saturated heterocycles. The second-order valence-corrected chi connectivity index (χ2v) is 6.90. The first-order chi connectivity index (χ1) is 12.7. The molecule has 0 aliphatic heterocycles. The van der Waals surface area contributed by atoms with Crippen LogP contribution in [0.25, 0.3) is 0 Å². The van der Waals surface area contributed by atoms with Crippen LogP contribution in [0.3, 0.4) is 0 Å². The molecule has 0 atom stereocenters. The Morgan fingerprint density at radius 2 is 1.93 bits per heavy atom. The van der Waals surface area contributed by atoms with Crippen molar-refractivity contribution in [1.29, 1.82) is 5.26 Å². The maximum absolute atomic E-state index is 11.7. The number of hydrogen-bond donors (Lipinski definition) is 1. The minimum atomic E-state index is -3.98. The smallest absolute Gasteiger partial charge is 0.320 e. The topological polar surface area (TPSA) is 139 Å². The molecule has 9 nitrogen and oxygen atoms in total. The van der Waals surface area contributed by atoms with E-state index >= 15 is 0 Å². The molecule has 0 amide bonds. The SMILES string of the molecule is COC(=O)CNS(=O)(=O)c1cccc([N+](=O)[O-])c1.Cc1cccc(C#N)c1. The predicted molar refractivity (Wildman–Crippen MR) is 96.2 cm³/mol. The van der Waals surface area contributed by atoms with Gasteiger partial charge in [0, 0.05) is 12.1 Å². The van der Waals surface area contributed by atoms with Crippen molar-refractivity contribution < 1.29 is 22.9 Å². The van der Waals surface area contributed by atoms with Gasteiger partial charge in [0.2, 0.25) is 10.0 Å². The van der Waals surface area contributed by atoms with Crippen LogP contribution in [0.15, 0.2) is 53.4 Å². The average Bonchev–Trinajstić information content (AvgIpc) is 2.66. The van der Waals surface area contributed by atoms with Crippen LogP contribution in [-0.4, -0.2) is 33.0 Å². The van der Waals surface area contributed by atoms with Gasteiger partial charge < -0.3 is 4.74 Å². The number of nitrogens with one attached hydrogen (secondary N) is 1. The van der Waals surface area contributed by atoms with E-state index < -0.39 is 27.5 Å². The summed E-state index contributed by atoms with van der Waals surface area (Å²) >= 11 is 0. The van der Waals surface area contributed by atoms with Crippen molar-refractivity contribution in [3.8, 4) is 6.07 Å². The second-order valence-electron chi connectivity index (χ2n) is 5.14. The van der Waals surface area contributed by atoms with Crippen molar-refractivity contribution in [1.82, 2.24) is 4.72 Å². The number of esters is 1. The summed E-state index contributed by atoms with van der Waals surface area (Å²) in [5.41, 5.74) is 1.51. The Morgan fingerprint density at radius 3 is 2.44 bits per heavy atom. The number of carbonyl (C=O) groups excluding carboxylic acids is 1. The number of aryl methyl sites for hydroxylation is 1. The van der Waals surface area contributed by atoms with E-state index in [0.29, 0.717) is 0 Å². The molecule has 0 radical (unpaired) electrons. The van der Waals surface area contributed by atoms with Crippen LogP contribution < -0.4 is 4.72 Å². The molecule has 2 aromatic carbocycles. The van der Waals surface area contributed by atoms with Gasteiger partial charge in [-0.15, -0.1) is 0 Å². The lowest BCUT2D eigenvalue weighted by Gasteiger charge is -2.05. The maximum atomic E-state index is 11.7. The zero-order chi connectivity index (χ0) is 20.4. The Hall–Kier alpha value is -3.29. The number of benzene rings is 2. The van der Waals surface area contributed by atoms with Crippen molar-refractivity contribution in [2.45, 2.75) is 11.8 Å². The van der Waals surface area contributed by atoms with Crippen molar-refractivity contribution in [2.75, 3.05) is 13.7 Å². The van der Waals surface area contributed by atoms with Crippen molar-refractivity contribution >= 4 is 21.7 Å². The molecule has 27 heavy (non-hydrogen) atoms. The number of nitro groups is 1. The van der Waals surface area contributed by atoms with Crippen molar-refractivity contribution in [2.24, 2.45) is 0 Å². The normalized spacial score (nSPS) is 10.1. The highest BCUT2D eigenvalue weighted by molar-refractivity contribution is 7.89. The number of nitro benzene ring substituents is 1. The van der Waals surface area contributed by atoms with Crippen molar-refractivity contribution in [3.05, 3.63) is 69.8 Å². The quantitative estimate of drug-likeness (QED) is 0.466. The summed E-state index contributed by atoms with van der Waals surface area (Å²) in [6.07, 6.45) is 0. The fourth-order valence-corrected chi connectivity index (χ4v) is 2.80. The molecule has 0 bridgehead atoms. The number of sulfonamides is 1. The standard InChI is InChI=1S/C9H10N2O6S.C8H7N/c1-17-9(12)6-10-18(15,16)8-4-2-3-7(5-8)11(13)14;1-7-3-2-4-8(5-7)6-9/h2-5,10H,6H2,1H3;2-5H,1H3. The Balaban J connectivity index is 0.000000337. The number of non-ortho nitro benzene ring substituents is 1. The summed E-state index contributed by atoms with van der Waals surface area (Å²) in [6, 6.07) is 14.1. The monoisotopic (exact) mass is 391 g/mol. The van der Waals surface area contributed by atoms with Gasteiger partial charge in [0.05, 0.1) is 28.6 Å². The number of carbonyl (C=O) groups is 1. The van der Waals surface area contributed by atoms with Crippen LogP contribution in [0.2, 0.25) is 0 Å². The third-order valence-corrected chi connectivity index (χ3v) is 4.52. The fourth-order valence-electron chi connectivity index (χ4n) is 1.79. The van der Waals surface area contributed by atoms with Gasteiger partial charge >= 0.3 is 5.97 Å². The molecule has 0 spiro atoms. The average molecular weight is 391 g/mol. The van der Waals surface area contributed by atoms with Crippen LogP contribution in [0.4, 0.5) is 5.69 Å². The lowest BCUT2D eigenvalue weighted by atomic mass is 10.2. The molecule has 0 aliphatic rings. The van der Waals surface area contributed by atoms with Gasteiger partial charge in [0.25, 0.3) is 5.69 Å². The first-order valence-corrected chi connectivity index (χ1v) is 8.95. The molecule has 0 heterocycles. The van der Waals surface area contributed by atoms with Gasteiger partial charge in [0.15, 0.2) is 0 Å². The molecule has 0 aliphatic carbocycles. The van der Waals surface area contributed by atoms with Gasteiger partial charge in [0.1, 0.15) is 6.54 Å². The van der Waals surface area contributed by atoms with Gasteiger partial charge in [-0.1, -0.05) is 18.2 Å². The number of methoxy groups -OCH3 is 1. The van der Waals surface area contributed by atoms with Crippen LogP contribution >= 0.6 is 0 Å². The van der Waals surface area contributed by atoms with Gasteiger partial charge in [-0.25, -0.2) is 8.42 Å². The van der Waals surface area contributed by atoms with Crippen LogP contribution in [0.5, 0.6) is 0 Å². The lowest BCUT2D eigenvalue weighted by Crippen LogP contribution is -2.30. The number of rotatable bonds is 5. The molecule has 2 aromatic rings. The minimum absolute atomic E-state index is 0.291. The number of nitriles is 1. The summed E-state index contributed by atoms with van der Waals surface area (Å²) < 4.78 is 29.6. The van der Waals surface area contributed by atoms with E-state index in [0.717, 1.165) is 24.3 Å². The minimum Gasteiger partial charge on any atom is -0.468 e. The third kappa shape index (κ3) is 7.23. The van der Waals surface area contributed by atoms with E-state index in [1.165, 1.54) is 18.2 Å². The fraction of sp³-hybridized carbons (Fsp3) is 0.176. The summed E-state index contributed by atoms with van der Waals surface area (Å²) in [5.74, 6) is -0.760. The largest absolute Gasteiger partial charge is 0.468 e. The first kappa shape index (κ1) is 21.8. The van der Waals surface area contributed by atoms with Crippen molar-refractivity contribution in [3.63, 3.8) is 0 Å². The Labute approximate surface area is 156 Å². The van der Waals surface area contributed by atoms with E-state index in [9.17, 15) is 23.3 Å². The molecule has 1 N–H and O–H groups in total.